The van der Waals surface area contributed by atoms with Gasteiger partial charge in [-0.25, -0.2) is 0 Å². The van der Waals surface area contributed by atoms with E-state index in [1.807, 2.05) is 12.1 Å². The quantitative estimate of drug-likeness (QED) is 0.714. The van der Waals surface area contributed by atoms with Crippen molar-refractivity contribution < 1.29 is 4.79 Å². The van der Waals surface area contributed by atoms with Crippen LogP contribution in [0.2, 0.25) is 0 Å². The number of nitrogens with one attached hydrogen (secondary N) is 1. The van der Waals surface area contributed by atoms with E-state index in [1.54, 1.807) is 0 Å². The Morgan fingerprint density at radius 3 is 2.40 bits per heavy atom. The predicted molar refractivity (Wildman–Crippen MR) is 105 cm³/mol. The van der Waals surface area contributed by atoms with Crippen LogP contribution < -0.4 is 5.32 Å². The van der Waals surface area contributed by atoms with Crippen molar-refractivity contribution in [3.8, 4) is 0 Å². The summed E-state index contributed by atoms with van der Waals surface area (Å²) in [5.74, 6) is -0.0468. The van der Waals surface area contributed by atoms with Crippen LogP contribution in [0.1, 0.15) is 31.0 Å². The summed E-state index contributed by atoms with van der Waals surface area (Å²) in [5, 5.41) is 5.39. The Kier molecular flexibility index (Phi) is 5.15. The highest BCUT2D eigenvalue weighted by molar-refractivity contribution is 5.88. The van der Waals surface area contributed by atoms with Crippen molar-refractivity contribution in [1.29, 1.82) is 0 Å². The fraction of sp³-hybridized carbons (Fsp3) is 0.227. The minimum atomic E-state index is -0.0468. The van der Waals surface area contributed by atoms with Crippen molar-refractivity contribution in [2.45, 2.75) is 26.4 Å². The molecule has 0 saturated heterocycles. The summed E-state index contributed by atoms with van der Waals surface area (Å²) in [5.41, 5.74) is 3.40. The van der Waals surface area contributed by atoms with Gasteiger partial charge in [-0.3, -0.25) is 9.69 Å². The van der Waals surface area contributed by atoms with Gasteiger partial charge < -0.3 is 5.32 Å². The topological polar surface area (TPSA) is 32.3 Å². The van der Waals surface area contributed by atoms with Crippen LogP contribution in [0.3, 0.4) is 0 Å². The largest absolute Gasteiger partial charge is 0.326 e. The van der Waals surface area contributed by atoms with Crippen LogP contribution in [0.5, 0.6) is 0 Å². The first-order valence-electron chi connectivity index (χ1n) is 8.59. The van der Waals surface area contributed by atoms with E-state index in [1.165, 1.54) is 28.8 Å². The number of anilines is 1. The maximum atomic E-state index is 11.1. The second-order valence-electron chi connectivity index (χ2n) is 6.54. The lowest BCUT2D eigenvalue weighted by atomic mass is 9.98. The normalized spacial score (nSPS) is 12.3. The molecule has 1 N–H and O–H groups in total. The molecule has 0 bridgehead atoms. The standard InChI is InChI=1S/C22H24N2O/c1-16(21-10-6-8-19-7-4-5-9-22(19)21)24(3)15-18-11-13-20(14-12-18)23-17(2)25/h4-14,16H,15H2,1-3H3,(H,23,25)/t16-/m1/s1. The highest BCUT2D eigenvalue weighted by Gasteiger charge is 2.14. The molecule has 0 aliphatic rings. The lowest BCUT2D eigenvalue weighted by Gasteiger charge is -2.26. The van der Waals surface area contributed by atoms with Crippen LogP contribution in [0.4, 0.5) is 5.69 Å². The van der Waals surface area contributed by atoms with E-state index in [0.717, 1.165) is 12.2 Å². The smallest absolute Gasteiger partial charge is 0.221 e. The average molecular weight is 332 g/mol. The van der Waals surface area contributed by atoms with E-state index in [2.05, 4.69) is 78.8 Å². The zero-order chi connectivity index (χ0) is 17.8. The minimum absolute atomic E-state index is 0.0468. The number of amides is 1. The number of fused-ring (bicyclic) bond motifs is 1. The number of benzene rings is 3. The van der Waals surface area contributed by atoms with Gasteiger partial charge in [0, 0.05) is 25.2 Å². The molecule has 25 heavy (non-hydrogen) atoms. The molecule has 0 fully saturated rings. The van der Waals surface area contributed by atoms with E-state index >= 15 is 0 Å². The molecule has 0 aromatic heterocycles. The van der Waals surface area contributed by atoms with Crippen molar-refractivity contribution in [1.82, 2.24) is 4.90 Å². The number of carbonyl (C=O) groups excluding carboxylic acids is 1. The van der Waals surface area contributed by atoms with E-state index in [-0.39, 0.29) is 5.91 Å². The van der Waals surface area contributed by atoms with Crippen molar-refractivity contribution in [2.24, 2.45) is 0 Å². The number of nitrogens with zero attached hydrogens (tertiary/aromatic N) is 1. The van der Waals surface area contributed by atoms with Crippen LogP contribution in [0.15, 0.2) is 66.7 Å². The molecule has 128 valence electrons. The molecule has 0 aliphatic carbocycles. The van der Waals surface area contributed by atoms with E-state index < -0.39 is 0 Å². The molecule has 3 nitrogen and oxygen atoms in total. The molecule has 0 unspecified atom stereocenters. The number of hydrogen-bond acceptors (Lipinski definition) is 2. The average Bonchev–Trinajstić information content (AvgIpc) is 2.62. The Labute approximate surface area is 149 Å². The van der Waals surface area contributed by atoms with Crippen molar-refractivity contribution in [3.63, 3.8) is 0 Å². The maximum absolute atomic E-state index is 11.1. The molecule has 3 heteroatoms. The predicted octanol–water partition coefficient (Wildman–Crippen LogP) is 4.99. The highest BCUT2D eigenvalue weighted by atomic mass is 16.1. The van der Waals surface area contributed by atoms with Crippen molar-refractivity contribution >= 4 is 22.4 Å². The monoisotopic (exact) mass is 332 g/mol. The van der Waals surface area contributed by atoms with Gasteiger partial charge in [0.2, 0.25) is 5.91 Å². The first kappa shape index (κ1) is 17.2. The van der Waals surface area contributed by atoms with Gasteiger partial charge in [-0.1, -0.05) is 54.6 Å². The molecule has 0 aliphatic heterocycles. The molecule has 3 aromatic carbocycles. The minimum Gasteiger partial charge on any atom is -0.326 e. The molecule has 0 spiro atoms. The van der Waals surface area contributed by atoms with Gasteiger partial charge in [0.05, 0.1) is 0 Å². The first-order chi connectivity index (χ1) is 12.0. The Hall–Kier alpha value is -2.65. The zero-order valence-corrected chi connectivity index (χ0v) is 15.0. The van der Waals surface area contributed by atoms with Gasteiger partial charge in [-0.15, -0.1) is 0 Å². The van der Waals surface area contributed by atoms with Gasteiger partial charge in [0.25, 0.3) is 0 Å². The second-order valence-corrected chi connectivity index (χ2v) is 6.54. The summed E-state index contributed by atoms with van der Waals surface area (Å²) in [6.45, 7) is 4.62. The van der Waals surface area contributed by atoms with Gasteiger partial charge >= 0.3 is 0 Å². The Morgan fingerprint density at radius 2 is 1.68 bits per heavy atom. The van der Waals surface area contributed by atoms with Gasteiger partial charge in [-0.2, -0.15) is 0 Å². The molecule has 3 rings (SSSR count). The summed E-state index contributed by atoms with van der Waals surface area (Å²) in [4.78, 5) is 13.5. The van der Waals surface area contributed by atoms with E-state index in [0.29, 0.717) is 6.04 Å². The van der Waals surface area contributed by atoms with Crippen LogP contribution in [0, 0.1) is 0 Å². The van der Waals surface area contributed by atoms with Crippen LogP contribution in [0.25, 0.3) is 10.8 Å². The molecule has 1 atom stereocenters. The second kappa shape index (κ2) is 7.49. The molecule has 0 radical (unpaired) electrons. The first-order valence-corrected chi connectivity index (χ1v) is 8.59. The lowest BCUT2D eigenvalue weighted by Crippen LogP contribution is -2.22. The number of carbonyl (C=O) groups is 1. The SMILES string of the molecule is CC(=O)Nc1ccc(CN(C)[C@H](C)c2cccc3ccccc23)cc1. The third-order valence-electron chi connectivity index (χ3n) is 4.64. The summed E-state index contributed by atoms with van der Waals surface area (Å²) < 4.78 is 0. The van der Waals surface area contributed by atoms with Crippen molar-refractivity contribution in [3.05, 3.63) is 77.9 Å². The Morgan fingerprint density at radius 1 is 1.00 bits per heavy atom. The van der Waals surface area contributed by atoms with Crippen LogP contribution in [-0.2, 0) is 11.3 Å². The molecule has 0 heterocycles. The molecular formula is C22H24N2O. The van der Waals surface area contributed by atoms with E-state index in [4.69, 9.17) is 0 Å². The highest BCUT2D eigenvalue weighted by Crippen LogP contribution is 2.28. The third kappa shape index (κ3) is 4.06. The molecular weight excluding hydrogens is 308 g/mol. The van der Waals surface area contributed by atoms with Gasteiger partial charge in [-0.05, 0) is 48.0 Å². The van der Waals surface area contributed by atoms with E-state index in [9.17, 15) is 4.79 Å². The Balaban J connectivity index is 1.76. The maximum Gasteiger partial charge on any atom is 0.221 e. The summed E-state index contributed by atoms with van der Waals surface area (Å²) in [7, 11) is 2.15. The van der Waals surface area contributed by atoms with Gasteiger partial charge in [0.15, 0.2) is 0 Å². The van der Waals surface area contributed by atoms with Crippen LogP contribution in [-0.4, -0.2) is 17.9 Å². The fourth-order valence-electron chi connectivity index (χ4n) is 3.17. The number of rotatable bonds is 5. The molecule has 1 amide bonds. The zero-order valence-electron chi connectivity index (χ0n) is 15.0. The summed E-state index contributed by atoms with van der Waals surface area (Å²) >= 11 is 0. The van der Waals surface area contributed by atoms with Gasteiger partial charge in [0.1, 0.15) is 0 Å². The fourth-order valence-corrected chi connectivity index (χ4v) is 3.17. The summed E-state index contributed by atoms with van der Waals surface area (Å²) in [6, 6.07) is 23.4. The van der Waals surface area contributed by atoms with Crippen LogP contribution >= 0.6 is 0 Å². The Bertz CT molecular complexity index is 865. The lowest BCUT2D eigenvalue weighted by molar-refractivity contribution is -0.114. The van der Waals surface area contributed by atoms with Crippen molar-refractivity contribution in [2.75, 3.05) is 12.4 Å². The number of hydrogen-bond donors (Lipinski definition) is 1. The third-order valence-corrected chi connectivity index (χ3v) is 4.64. The molecule has 0 saturated carbocycles. The molecule has 3 aromatic rings. The summed E-state index contributed by atoms with van der Waals surface area (Å²) in [6.07, 6.45) is 0.